The zero-order valence-electron chi connectivity index (χ0n) is 14.2. The first kappa shape index (κ1) is 18.6. The lowest BCUT2D eigenvalue weighted by Crippen LogP contribution is -2.29. The Morgan fingerprint density at radius 2 is 1.80 bits per heavy atom. The number of Topliss-reactive ketones (excluding diaryl/α,β-unsaturated/α-hetero) is 1. The van der Waals surface area contributed by atoms with Crippen molar-refractivity contribution in [3.63, 3.8) is 0 Å². The van der Waals surface area contributed by atoms with E-state index in [-0.39, 0.29) is 25.0 Å². The van der Waals surface area contributed by atoms with Crippen molar-refractivity contribution in [1.29, 1.82) is 0 Å². The van der Waals surface area contributed by atoms with Crippen LogP contribution in [0.25, 0.3) is 0 Å². The van der Waals surface area contributed by atoms with Gasteiger partial charge in [0.25, 0.3) is 5.91 Å². The highest BCUT2D eigenvalue weighted by atomic mass is 16.7. The summed E-state index contributed by atoms with van der Waals surface area (Å²) in [4.78, 5) is 34.2. The Hall–Kier alpha value is -2.77. The average molecular weight is 349 g/mol. The molecule has 1 aliphatic rings. The molecule has 3 N–H and O–H groups in total. The Kier molecular flexibility index (Phi) is 7.06. The van der Waals surface area contributed by atoms with Crippen LogP contribution in [0.15, 0.2) is 18.2 Å². The molecule has 0 fully saturated rings. The molecule has 2 rings (SSSR count). The molecule has 1 heterocycles. The quantitative estimate of drug-likeness (QED) is 0.466. The molecule has 0 saturated heterocycles. The van der Waals surface area contributed by atoms with Gasteiger partial charge in [-0.15, -0.1) is 0 Å². The van der Waals surface area contributed by atoms with E-state index >= 15 is 0 Å². The average Bonchev–Trinajstić information content (AvgIpc) is 3.07. The number of likely N-dealkylation sites (N-methyl/N-ethyl adjacent to an activating group) is 1. The molecule has 0 spiro atoms. The number of rotatable bonds is 9. The first-order valence-corrected chi connectivity index (χ1v) is 8.29. The first-order valence-electron chi connectivity index (χ1n) is 8.29. The Morgan fingerprint density at radius 3 is 2.60 bits per heavy atom. The normalized spacial score (nSPS) is 11.7. The maximum Gasteiger partial charge on any atom is 0.319 e. The van der Waals surface area contributed by atoms with Crippen molar-refractivity contribution in [3.8, 4) is 11.5 Å². The van der Waals surface area contributed by atoms with Crippen molar-refractivity contribution < 1.29 is 23.9 Å². The molecule has 8 heteroatoms. The van der Waals surface area contributed by atoms with Crippen LogP contribution in [-0.4, -0.2) is 38.1 Å². The lowest BCUT2D eigenvalue weighted by Gasteiger charge is -2.08. The van der Waals surface area contributed by atoms with Crippen LogP contribution in [0.3, 0.4) is 0 Å². The molecule has 0 unspecified atom stereocenters. The van der Waals surface area contributed by atoms with Gasteiger partial charge in [0, 0.05) is 31.8 Å². The summed E-state index contributed by atoms with van der Waals surface area (Å²) in [6.45, 7) is 0.736. The summed E-state index contributed by atoms with van der Waals surface area (Å²) in [5, 5.41) is 7.82. The number of amides is 3. The standard InChI is InChI=1S/C17H23N3O5/c1-18-16(22)13(21)6-4-2-3-5-9-19-17(23)20-12-7-8-14-15(10-12)25-11-24-14/h7-8,10H,2-6,9,11H2,1H3,(H,18,22)(H2,19,20,23). The lowest BCUT2D eigenvalue weighted by atomic mass is 10.1. The number of ketones is 1. The minimum Gasteiger partial charge on any atom is -0.454 e. The minimum atomic E-state index is -0.540. The van der Waals surface area contributed by atoms with Crippen molar-refractivity contribution in [2.75, 3.05) is 25.7 Å². The Balaban J connectivity index is 1.54. The largest absolute Gasteiger partial charge is 0.454 e. The van der Waals surface area contributed by atoms with Gasteiger partial charge in [-0.3, -0.25) is 9.59 Å². The van der Waals surface area contributed by atoms with Crippen molar-refractivity contribution in [3.05, 3.63) is 18.2 Å². The molecule has 8 nitrogen and oxygen atoms in total. The number of urea groups is 1. The van der Waals surface area contributed by atoms with Gasteiger partial charge in [-0.05, 0) is 25.0 Å². The topological polar surface area (TPSA) is 106 Å². The van der Waals surface area contributed by atoms with Crippen LogP contribution in [-0.2, 0) is 9.59 Å². The number of ether oxygens (including phenoxy) is 2. The molecule has 3 amide bonds. The zero-order chi connectivity index (χ0) is 18.1. The second-order valence-corrected chi connectivity index (χ2v) is 5.62. The predicted octanol–water partition coefficient (Wildman–Crippen LogP) is 1.80. The fraction of sp³-hybridized carbons (Fsp3) is 0.471. The molecule has 1 aromatic rings. The molecule has 1 aliphatic heterocycles. The summed E-state index contributed by atoms with van der Waals surface area (Å²) >= 11 is 0. The molecule has 0 radical (unpaired) electrons. The van der Waals surface area contributed by atoms with Gasteiger partial charge in [0.05, 0.1) is 0 Å². The summed E-state index contributed by atoms with van der Waals surface area (Å²) in [6, 6.07) is 4.92. The summed E-state index contributed by atoms with van der Waals surface area (Å²) in [5.74, 6) is 0.357. The highest BCUT2D eigenvalue weighted by molar-refractivity contribution is 6.36. The van der Waals surface area contributed by atoms with Gasteiger partial charge in [-0.25, -0.2) is 4.79 Å². The number of hydrogen-bond donors (Lipinski definition) is 3. The van der Waals surface area contributed by atoms with Crippen LogP contribution in [0.2, 0.25) is 0 Å². The molecule has 136 valence electrons. The molecule has 0 bridgehead atoms. The van der Waals surface area contributed by atoms with Crippen LogP contribution >= 0.6 is 0 Å². The van der Waals surface area contributed by atoms with Crippen LogP contribution < -0.4 is 25.4 Å². The van der Waals surface area contributed by atoms with Gasteiger partial charge in [-0.1, -0.05) is 12.8 Å². The maximum atomic E-state index is 11.8. The van der Waals surface area contributed by atoms with E-state index in [1.165, 1.54) is 7.05 Å². The second kappa shape index (κ2) is 9.51. The van der Waals surface area contributed by atoms with Crippen molar-refractivity contribution >= 4 is 23.4 Å². The van der Waals surface area contributed by atoms with Crippen LogP contribution in [0.4, 0.5) is 10.5 Å². The molecular formula is C17H23N3O5. The third-order valence-corrected chi connectivity index (χ3v) is 3.73. The highest BCUT2D eigenvalue weighted by Gasteiger charge is 2.14. The molecule has 0 atom stereocenters. The smallest absolute Gasteiger partial charge is 0.319 e. The van der Waals surface area contributed by atoms with E-state index in [9.17, 15) is 14.4 Å². The predicted molar refractivity (Wildman–Crippen MR) is 91.7 cm³/mol. The molecule has 0 aliphatic carbocycles. The minimum absolute atomic E-state index is 0.194. The Labute approximate surface area is 146 Å². The Morgan fingerprint density at radius 1 is 1.04 bits per heavy atom. The van der Waals surface area contributed by atoms with Crippen LogP contribution in [0, 0.1) is 0 Å². The maximum absolute atomic E-state index is 11.8. The fourth-order valence-electron chi connectivity index (χ4n) is 2.37. The van der Waals surface area contributed by atoms with E-state index in [0.29, 0.717) is 30.2 Å². The number of carbonyl (C=O) groups excluding carboxylic acids is 3. The number of nitrogens with one attached hydrogen (secondary N) is 3. The fourth-order valence-corrected chi connectivity index (χ4v) is 2.37. The SMILES string of the molecule is CNC(=O)C(=O)CCCCCCNC(=O)Nc1ccc2c(c1)OCO2. The number of fused-ring (bicyclic) bond motifs is 1. The third kappa shape index (κ3) is 5.98. The monoisotopic (exact) mass is 349 g/mol. The van der Waals surface area contributed by atoms with Crippen molar-refractivity contribution in [2.45, 2.75) is 32.1 Å². The zero-order valence-corrected chi connectivity index (χ0v) is 14.2. The summed E-state index contributed by atoms with van der Waals surface area (Å²) < 4.78 is 10.5. The second-order valence-electron chi connectivity index (χ2n) is 5.62. The first-order chi connectivity index (χ1) is 12.1. The van der Waals surface area contributed by atoms with Gasteiger partial charge in [-0.2, -0.15) is 0 Å². The third-order valence-electron chi connectivity index (χ3n) is 3.73. The van der Waals surface area contributed by atoms with Crippen LogP contribution in [0.1, 0.15) is 32.1 Å². The molecule has 1 aromatic carbocycles. The Bertz CT molecular complexity index is 633. The van der Waals surface area contributed by atoms with Gasteiger partial charge >= 0.3 is 6.03 Å². The summed E-state index contributed by atoms with van der Waals surface area (Å²) in [5.41, 5.74) is 0.634. The molecule has 0 aromatic heterocycles. The van der Waals surface area contributed by atoms with E-state index < -0.39 is 5.91 Å². The number of hydrogen-bond acceptors (Lipinski definition) is 5. The number of carbonyl (C=O) groups is 3. The molecule has 25 heavy (non-hydrogen) atoms. The van der Waals surface area contributed by atoms with Gasteiger partial charge in [0.1, 0.15) is 0 Å². The van der Waals surface area contributed by atoms with E-state index in [1.54, 1.807) is 18.2 Å². The summed E-state index contributed by atoms with van der Waals surface area (Å²) in [6.07, 6.45) is 3.47. The van der Waals surface area contributed by atoms with E-state index in [0.717, 1.165) is 19.3 Å². The van der Waals surface area contributed by atoms with Crippen LogP contribution in [0.5, 0.6) is 11.5 Å². The highest BCUT2D eigenvalue weighted by Crippen LogP contribution is 2.34. The molecule has 0 saturated carbocycles. The number of anilines is 1. The van der Waals surface area contributed by atoms with E-state index in [4.69, 9.17) is 9.47 Å². The van der Waals surface area contributed by atoms with Crippen molar-refractivity contribution in [1.82, 2.24) is 10.6 Å². The van der Waals surface area contributed by atoms with Gasteiger partial charge in [0.2, 0.25) is 12.6 Å². The molecular weight excluding hydrogens is 326 g/mol. The summed E-state index contributed by atoms with van der Waals surface area (Å²) in [7, 11) is 1.44. The van der Waals surface area contributed by atoms with Crippen molar-refractivity contribution in [2.24, 2.45) is 0 Å². The lowest BCUT2D eigenvalue weighted by molar-refractivity contribution is -0.137. The van der Waals surface area contributed by atoms with E-state index in [2.05, 4.69) is 16.0 Å². The number of benzene rings is 1. The van der Waals surface area contributed by atoms with E-state index in [1.807, 2.05) is 0 Å². The van der Waals surface area contributed by atoms with Gasteiger partial charge in [0.15, 0.2) is 11.5 Å². The van der Waals surface area contributed by atoms with Gasteiger partial charge < -0.3 is 25.4 Å². The number of unbranched alkanes of at least 4 members (excludes halogenated alkanes) is 3.